The number of H-pyrrole nitrogens is 2. The van der Waals surface area contributed by atoms with Crippen molar-refractivity contribution >= 4 is 35.9 Å². The Balaban J connectivity index is 1.36. The summed E-state index contributed by atoms with van der Waals surface area (Å²) in [4.78, 5) is 31.2. The van der Waals surface area contributed by atoms with Crippen LogP contribution in [0.3, 0.4) is 0 Å². The van der Waals surface area contributed by atoms with Gasteiger partial charge in [0.2, 0.25) is 0 Å². The molecule has 4 nitrogen and oxygen atoms in total. The molecular formula is C27H22N2O2. The summed E-state index contributed by atoms with van der Waals surface area (Å²) in [6.45, 7) is 0. The fraction of sp³-hybridized carbons (Fsp3) is 0.0370. The second-order valence-electron chi connectivity index (χ2n) is 7.17. The highest BCUT2D eigenvalue weighted by Crippen LogP contribution is 2.13. The van der Waals surface area contributed by atoms with E-state index in [0.717, 1.165) is 22.5 Å². The summed E-state index contributed by atoms with van der Waals surface area (Å²) in [5.41, 5.74) is 4.63. The topological polar surface area (TPSA) is 65.7 Å². The summed E-state index contributed by atoms with van der Waals surface area (Å²) in [6, 6.07) is 26.9. The normalized spacial score (nSPS) is 11.4. The van der Waals surface area contributed by atoms with Gasteiger partial charge in [0.15, 0.2) is 11.6 Å². The minimum absolute atomic E-state index is 0.190. The number of nitrogens with one attached hydrogen (secondary N) is 2. The van der Waals surface area contributed by atoms with Crippen LogP contribution in [0.2, 0.25) is 0 Å². The fourth-order valence-corrected chi connectivity index (χ4v) is 3.18. The molecular weight excluding hydrogens is 384 g/mol. The molecule has 2 aromatic heterocycles. The van der Waals surface area contributed by atoms with Gasteiger partial charge in [-0.2, -0.15) is 0 Å². The monoisotopic (exact) mass is 406 g/mol. The Morgan fingerprint density at radius 3 is 1.39 bits per heavy atom. The van der Waals surface area contributed by atoms with Gasteiger partial charge in [0.25, 0.3) is 0 Å². The number of benzene rings is 2. The van der Waals surface area contributed by atoms with E-state index in [1.54, 1.807) is 12.1 Å². The molecule has 0 atom stereocenters. The number of Topliss-reactive ketones (excluding diaryl/α,β-unsaturated/α-hetero) is 2. The largest absolute Gasteiger partial charge is 0.353 e. The molecule has 0 aliphatic carbocycles. The first-order chi connectivity index (χ1) is 15.2. The van der Waals surface area contributed by atoms with E-state index in [2.05, 4.69) is 9.97 Å². The van der Waals surface area contributed by atoms with Crippen LogP contribution >= 0.6 is 0 Å². The molecule has 0 fully saturated rings. The summed E-state index contributed by atoms with van der Waals surface area (Å²) < 4.78 is 0. The predicted octanol–water partition coefficient (Wildman–Crippen LogP) is 6.14. The molecule has 2 N–H and O–H groups in total. The number of ketones is 2. The van der Waals surface area contributed by atoms with E-state index in [1.165, 1.54) is 0 Å². The molecule has 0 spiro atoms. The number of rotatable bonds is 8. The van der Waals surface area contributed by atoms with Gasteiger partial charge in [0.05, 0.1) is 17.8 Å². The first kappa shape index (κ1) is 20.1. The van der Waals surface area contributed by atoms with E-state index in [1.807, 2.05) is 97.1 Å². The Morgan fingerprint density at radius 2 is 0.968 bits per heavy atom. The average molecular weight is 406 g/mol. The van der Waals surface area contributed by atoms with Crippen molar-refractivity contribution in [3.05, 3.63) is 119 Å². The standard InChI is InChI=1S/C27H22N2O2/c30-26(24-17-15-22(28-24)13-11-20-7-3-1-4-8-20)19-27(31)25-18-16-23(29-25)14-12-21-9-5-2-6-10-21/h1-18,28-29H,19H2/b13-11+,14-12+. The number of aromatic amines is 2. The van der Waals surface area contributed by atoms with Crippen molar-refractivity contribution in [2.75, 3.05) is 0 Å². The van der Waals surface area contributed by atoms with Gasteiger partial charge in [-0.3, -0.25) is 9.59 Å². The lowest BCUT2D eigenvalue weighted by atomic mass is 10.1. The number of carbonyl (C=O) groups excluding carboxylic acids is 2. The molecule has 2 aromatic carbocycles. The molecule has 0 radical (unpaired) electrons. The zero-order valence-electron chi connectivity index (χ0n) is 16.9. The molecule has 4 rings (SSSR count). The number of hydrogen-bond donors (Lipinski definition) is 2. The maximum absolute atomic E-state index is 12.5. The first-order valence-electron chi connectivity index (χ1n) is 10.1. The minimum Gasteiger partial charge on any atom is -0.353 e. The molecule has 0 aliphatic rings. The smallest absolute Gasteiger partial charge is 0.186 e. The summed E-state index contributed by atoms with van der Waals surface area (Å²) >= 11 is 0. The van der Waals surface area contributed by atoms with Crippen LogP contribution in [-0.4, -0.2) is 21.5 Å². The molecule has 0 aliphatic heterocycles. The third kappa shape index (κ3) is 5.46. The highest BCUT2D eigenvalue weighted by atomic mass is 16.1. The summed E-state index contributed by atoms with van der Waals surface area (Å²) in [7, 11) is 0. The number of aromatic nitrogens is 2. The summed E-state index contributed by atoms with van der Waals surface area (Å²) in [5, 5.41) is 0. The summed E-state index contributed by atoms with van der Waals surface area (Å²) in [6.07, 6.45) is 7.56. The van der Waals surface area contributed by atoms with Gasteiger partial charge < -0.3 is 9.97 Å². The first-order valence-corrected chi connectivity index (χ1v) is 10.1. The zero-order chi connectivity index (χ0) is 21.5. The van der Waals surface area contributed by atoms with Crippen LogP contribution in [0.5, 0.6) is 0 Å². The lowest BCUT2D eigenvalue weighted by Crippen LogP contribution is -2.09. The van der Waals surface area contributed by atoms with Crippen LogP contribution in [0.25, 0.3) is 24.3 Å². The molecule has 31 heavy (non-hydrogen) atoms. The molecule has 4 aromatic rings. The minimum atomic E-state index is -0.236. The van der Waals surface area contributed by atoms with E-state index in [4.69, 9.17) is 0 Å². The fourth-order valence-electron chi connectivity index (χ4n) is 3.18. The van der Waals surface area contributed by atoms with Crippen LogP contribution in [0.15, 0.2) is 84.9 Å². The lowest BCUT2D eigenvalue weighted by molar-refractivity contribution is 0.0889. The molecule has 0 unspecified atom stereocenters. The van der Waals surface area contributed by atoms with E-state index in [9.17, 15) is 9.59 Å². The quantitative estimate of drug-likeness (QED) is 0.273. The van der Waals surface area contributed by atoms with Gasteiger partial charge in [-0.05, 0) is 47.5 Å². The van der Waals surface area contributed by atoms with Crippen LogP contribution in [0.1, 0.15) is 49.9 Å². The van der Waals surface area contributed by atoms with E-state index < -0.39 is 0 Å². The molecule has 0 saturated heterocycles. The van der Waals surface area contributed by atoms with E-state index in [-0.39, 0.29) is 18.0 Å². The van der Waals surface area contributed by atoms with Gasteiger partial charge in [-0.15, -0.1) is 0 Å². The van der Waals surface area contributed by atoms with Crippen LogP contribution in [0.4, 0.5) is 0 Å². The van der Waals surface area contributed by atoms with Crippen molar-refractivity contribution in [3.8, 4) is 0 Å². The van der Waals surface area contributed by atoms with E-state index in [0.29, 0.717) is 11.4 Å². The third-order valence-corrected chi connectivity index (χ3v) is 4.85. The second-order valence-corrected chi connectivity index (χ2v) is 7.17. The van der Waals surface area contributed by atoms with Gasteiger partial charge in [-0.25, -0.2) is 0 Å². The van der Waals surface area contributed by atoms with Crippen LogP contribution < -0.4 is 0 Å². The van der Waals surface area contributed by atoms with Crippen molar-refractivity contribution in [2.45, 2.75) is 6.42 Å². The van der Waals surface area contributed by atoms with Crippen molar-refractivity contribution in [1.29, 1.82) is 0 Å². The number of hydrogen-bond acceptors (Lipinski definition) is 2. The Morgan fingerprint density at radius 1 is 0.548 bits per heavy atom. The van der Waals surface area contributed by atoms with Crippen molar-refractivity contribution in [3.63, 3.8) is 0 Å². The molecule has 0 bridgehead atoms. The molecule has 152 valence electrons. The highest BCUT2D eigenvalue weighted by molar-refractivity contribution is 6.12. The van der Waals surface area contributed by atoms with E-state index >= 15 is 0 Å². The Hall–Kier alpha value is -4.18. The maximum Gasteiger partial charge on any atom is 0.186 e. The van der Waals surface area contributed by atoms with Gasteiger partial charge >= 0.3 is 0 Å². The second kappa shape index (κ2) is 9.55. The molecule has 2 heterocycles. The molecule has 0 saturated carbocycles. The zero-order valence-corrected chi connectivity index (χ0v) is 16.9. The lowest BCUT2D eigenvalue weighted by Gasteiger charge is -1.98. The van der Waals surface area contributed by atoms with Gasteiger partial charge in [0.1, 0.15) is 0 Å². The van der Waals surface area contributed by atoms with Crippen LogP contribution in [-0.2, 0) is 0 Å². The number of carbonyl (C=O) groups is 2. The average Bonchev–Trinajstić information content (AvgIpc) is 3.48. The Kier molecular flexibility index (Phi) is 6.19. The van der Waals surface area contributed by atoms with Crippen molar-refractivity contribution in [2.24, 2.45) is 0 Å². The summed E-state index contributed by atoms with van der Waals surface area (Å²) in [5.74, 6) is -0.472. The van der Waals surface area contributed by atoms with Crippen molar-refractivity contribution < 1.29 is 9.59 Å². The Bertz CT molecular complexity index is 1130. The van der Waals surface area contributed by atoms with Gasteiger partial charge in [-0.1, -0.05) is 72.8 Å². The van der Waals surface area contributed by atoms with Crippen molar-refractivity contribution in [1.82, 2.24) is 9.97 Å². The molecule has 4 heteroatoms. The predicted molar refractivity (Wildman–Crippen MR) is 126 cm³/mol. The molecule has 0 amide bonds. The highest BCUT2D eigenvalue weighted by Gasteiger charge is 2.16. The maximum atomic E-state index is 12.5. The van der Waals surface area contributed by atoms with Crippen LogP contribution in [0, 0.1) is 0 Å². The van der Waals surface area contributed by atoms with Gasteiger partial charge in [0, 0.05) is 11.4 Å². The SMILES string of the molecule is O=C(CC(=O)c1ccc(/C=C/c2ccccc2)[nH]1)c1ccc(/C=C/c2ccccc2)[nH]1. The Labute approximate surface area is 181 Å². The third-order valence-electron chi connectivity index (χ3n) is 4.85.